The summed E-state index contributed by atoms with van der Waals surface area (Å²) in [5.41, 5.74) is 0.929. The Morgan fingerprint density at radius 2 is 1.82 bits per heavy atom. The number of piperidine rings is 1. The van der Waals surface area contributed by atoms with Crippen molar-refractivity contribution in [3.63, 3.8) is 0 Å². The van der Waals surface area contributed by atoms with Crippen LogP contribution in [0.1, 0.15) is 44.0 Å². The van der Waals surface area contributed by atoms with Crippen LogP contribution in [0.4, 0.5) is 5.69 Å². The van der Waals surface area contributed by atoms with Crippen molar-refractivity contribution >= 4 is 54.9 Å². The van der Waals surface area contributed by atoms with Gasteiger partial charge in [-0.15, -0.1) is 0 Å². The molecule has 1 fully saturated rings. The van der Waals surface area contributed by atoms with Gasteiger partial charge in [-0.05, 0) is 79.4 Å². The summed E-state index contributed by atoms with van der Waals surface area (Å²) in [4.78, 5) is 13.1. The van der Waals surface area contributed by atoms with E-state index in [0.717, 1.165) is 17.3 Å². The van der Waals surface area contributed by atoms with Crippen LogP contribution in [0.2, 0.25) is 0 Å². The average Bonchev–Trinajstić information content (AvgIpc) is 2.78. The lowest BCUT2D eigenvalue weighted by Gasteiger charge is -2.29. The summed E-state index contributed by atoms with van der Waals surface area (Å²) in [5.74, 6) is 0.923. The number of nitrogens with zero attached hydrogens (tertiary/aromatic N) is 1. The third kappa shape index (κ3) is 7.00. The number of hydrogen-bond donors (Lipinski definition) is 2. The molecule has 0 saturated carbocycles. The first-order chi connectivity index (χ1) is 16.1. The van der Waals surface area contributed by atoms with E-state index in [9.17, 15) is 13.2 Å². The van der Waals surface area contributed by atoms with Gasteiger partial charge in [-0.25, -0.2) is 8.42 Å². The number of carbonyl (C=O) groups is 1. The maximum absolute atomic E-state index is 12.9. The lowest BCUT2D eigenvalue weighted by molar-refractivity contribution is 0.0973. The minimum atomic E-state index is -3.52. The van der Waals surface area contributed by atoms with Crippen molar-refractivity contribution in [1.82, 2.24) is 9.62 Å². The predicted octanol–water partition coefficient (Wildman–Crippen LogP) is 5.03. The molecule has 1 amide bonds. The zero-order chi connectivity index (χ0) is 24.9. The fraction of sp³-hybridized carbons (Fsp3) is 0.417. The topological polar surface area (TPSA) is 87.7 Å². The third-order valence-corrected chi connectivity index (χ3v) is 8.09. The highest BCUT2D eigenvalue weighted by molar-refractivity contribution is 9.10. The summed E-state index contributed by atoms with van der Waals surface area (Å²) < 4.78 is 33.8. The van der Waals surface area contributed by atoms with Crippen LogP contribution < -0.4 is 15.4 Å². The van der Waals surface area contributed by atoms with E-state index in [-0.39, 0.29) is 10.0 Å². The number of benzene rings is 2. The molecule has 2 aromatic carbocycles. The van der Waals surface area contributed by atoms with Gasteiger partial charge in [0.1, 0.15) is 5.75 Å². The Morgan fingerprint density at radius 1 is 1.18 bits per heavy atom. The average molecular weight is 569 g/mol. The van der Waals surface area contributed by atoms with Gasteiger partial charge in [-0.2, -0.15) is 4.31 Å². The zero-order valence-corrected chi connectivity index (χ0v) is 22.7. The summed E-state index contributed by atoms with van der Waals surface area (Å²) in [6.45, 7) is 7.76. The molecular weight excluding hydrogens is 538 g/mol. The highest BCUT2D eigenvalue weighted by atomic mass is 79.9. The van der Waals surface area contributed by atoms with Gasteiger partial charge in [0.25, 0.3) is 5.91 Å². The summed E-state index contributed by atoms with van der Waals surface area (Å²) in [7, 11) is -3.52. The normalized spacial score (nSPS) is 15.2. The number of amides is 1. The minimum Gasteiger partial charge on any atom is -0.492 e. The molecule has 1 saturated heterocycles. The Balaban J connectivity index is 1.63. The molecule has 0 aliphatic carbocycles. The number of rotatable bonds is 7. The number of carbonyl (C=O) groups excluding carboxylic acids is 1. The molecule has 184 valence electrons. The van der Waals surface area contributed by atoms with Gasteiger partial charge >= 0.3 is 0 Å². The monoisotopic (exact) mass is 567 g/mol. The van der Waals surface area contributed by atoms with E-state index in [0.29, 0.717) is 48.5 Å². The minimum absolute atomic E-state index is 0.0976. The molecule has 0 spiro atoms. The van der Waals surface area contributed by atoms with Crippen molar-refractivity contribution in [2.75, 3.05) is 25.0 Å². The zero-order valence-electron chi connectivity index (χ0n) is 19.5. The molecule has 2 aromatic rings. The quantitative estimate of drug-likeness (QED) is 0.456. The van der Waals surface area contributed by atoms with Crippen molar-refractivity contribution in [2.24, 2.45) is 11.8 Å². The molecule has 10 heteroatoms. The van der Waals surface area contributed by atoms with E-state index in [1.807, 2.05) is 19.9 Å². The Morgan fingerprint density at radius 3 is 2.44 bits per heavy atom. The maximum Gasteiger partial charge on any atom is 0.261 e. The van der Waals surface area contributed by atoms with Gasteiger partial charge in [-0.3, -0.25) is 10.1 Å². The predicted molar refractivity (Wildman–Crippen MR) is 142 cm³/mol. The van der Waals surface area contributed by atoms with Gasteiger partial charge < -0.3 is 10.1 Å². The first-order valence-corrected chi connectivity index (χ1v) is 13.9. The summed E-state index contributed by atoms with van der Waals surface area (Å²) in [6.07, 6.45) is 1.74. The number of nitrogens with one attached hydrogen (secondary N) is 2. The molecule has 1 aliphatic heterocycles. The first kappa shape index (κ1) is 26.6. The van der Waals surface area contributed by atoms with Crippen molar-refractivity contribution in [3.05, 3.63) is 52.5 Å². The van der Waals surface area contributed by atoms with E-state index < -0.39 is 15.9 Å². The Labute approximate surface area is 215 Å². The highest BCUT2D eigenvalue weighted by Gasteiger charge is 2.28. The van der Waals surface area contributed by atoms with Crippen LogP contribution in [-0.4, -0.2) is 43.4 Å². The largest absolute Gasteiger partial charge is 0.492 e. The second-order valence-corrected chi connectivity index (χ2v) is 12.1. The van der Waals surface area contributed by atoms with E-state index in [2.05, 4.69) is 33.5 Å². The Kier molecular flexibility index (Phi) is 9.08. The van der Waals surface area contributed by atoms with Crippen LogP contribution in [0.25, 0.3) is 0 Å². The van der Waals surface area contributed by atoms with Gasteiger partial charge in [0.15, 0.2) is 5.11 Å². The molecular formula is C24H30BrN3O4S2. The number of thiocarbonyl (C=S) groups is 1. The SMILES string of the molecule is CC(C)COc1ccc(Br)cc1C(=O)NC(=S)Nc1ccc(S(=O)(=O)N2CCC(C)CC2)cc1. The Bertz CT molecular complexity index is 1130. The van der Waals surface area contributed by atoms with Crippen LogP contribution in [0.5, 0.6) is 5.75 Å². The van der Waals surface area contributed by atoms with E-state index >= 15 is 0 Å². The third-order valence-electron chi connectivity index (χ3n) is 5.48. The van der Waals surface area contributed by atoms with E-state index in [1.54, 1.807) is 36.4 Å². The molecule has 0 aromatic heterocycles. The smallest absolute Gasteiger partial charge is 0.261 e. The molecule has 1 heterocycles. The fourth-order valence-electron chi connectivity index (χ4n) is 3.48. The maximum atomic E-state index is 12.9. The number of anilines is 1. The number of ether oxygens (including phenoxy) is 1. The van der Waals surface area contributed by atoms with Crippen molar-refractivity contribution in [2.45, 2.75) is 38.5 Å². The van der Waals surface area contributed by atoms with Crippen LogP contribution in [0, 0.1) is 11.8 Å². The molecule has 0 bridgehead atoms. The fourth-order valence-corrected chi connectivity index (χ4v) is 5.52. The van der Waals surface area contributed by atoms with Crippen molar-refractivity contribution in [1.29, 1.82) is 0 Å². The van der Waals surface area contributed by atoms with Crippen LogP contribution in [0.15, 0.2) is 51.8 Å². The molecule has 7 nitrogen and oxygen atoms in total. The lowest BCUT2D eigenvalue weighted by atomic mass is 10.0. The molecule has 34 heavy (non-hydrogen) atoms. The van der Waals surface area contributed by atoms with Gasteiger partial charge in [0.2, 0.25) is 10.0 Å². The molecule has 0 unspecified atom stereocenters. The van der Waals surface area contributed by atoms with Crippen LogP contribution in [-0.2, 0) is 10.0 Å². The molecule has 2 N–H and O–H groups in total. The van der Waals surface area contributed by atoms with Gasteiger partial charge in [-0.1, -0.05) is 36.7 Å². The van der Waals surface area contributed by atoms with Crippen LogP contribution >= 0.6 is 28.1 Å². The van der Waals surface area contributed by atoms with Gasteiger partial charge in [0.05, 0.1) is 17.1 Å². The number of hydrogen-bond acceptors (Lipinski definition) is 5. The van der Waals surface area contributed by atoms with E-state index in [1.165, 1.54) is 4.31 Å². The number of sulfonamides is 1. The molecule has 3 rings (SSSR count). The standard InChI is InChI=1S/C24H30BrN3O4S2/c1-16(2)15-32-22-9-4-18(25)14-21(22)23(29)27-24(33)26-19-5-7-20(8-6-19)34(30,31)28-12-10-17(3)11-13-28/h4-9,14,16-17H,10-13,15H2,1-3H3,(H2,26,27,29,33). The lowest BCUT2D eigenvalue weighted by Crippen LogP contribution is -2.37. The second kappa shape index (κ2) is 11.6. The first-order valence-electron chi connectivity index (χ1n) is 11.2. The van der Waals surface area contributed by atoms with E-state index in [4.69, 9.17) is 17.0 Å². The molecule has 1 aliphatic rings. The van der Waals surface area contributed by atoms with Crippen LogP contribution in [0.3, 0.4) is 0 Å². The molecule has 0 atom stereocenters. The number of halogens is 1. The van der Waals surface area contributed by atoms with Crippen molar-refractivity contribution in [3.8, 4) is 5.75 Å². The summed E-state index contributed by atoms with van der Waals surface area (Å²) >= 11 is 8.67. The summed E-state index contributed by atoms with van der Waals surface area (Å²) in [6, 6.07) is 11.6. The second-order valence-electron chi connectivity index (χ2n) is 8.86. The Hall–Kier alpha value is -2.01. The summed E-state index contributed by atoms with van der Waals surface area (Å²) in [5, 5.41) is 5.68. The van der Waals surface area contributed by atoms with Gasteiger partial charge in [0, 0.05) is 23.2 Å². The molecule has 0 radical (unpaired) electrons. The van der Waals surface area contributed by atoms with Crippen molar-refractivity contribution < 1.29 is 17.9 Å². The highest BCUT2D eigenvalue weighted by Crippen LogP contribution is 2.25.